The smallest absolute Gasteiger partial charge is 0.291 e. The Morgan fingerprint density at radius 2 is 2.00 bits per heavy atom. The van der Waals surface area contributed by atoms with Gasteiger partial charge in [-0.15, -0.1) is 5.10 Å². The van der Waals surface area contributed by atoms with Crippen LogP contribution in [0, 0.1) is 0 Å². The second-order valence-electron chi connectivity index (χ2n) is 6.86. The summed E-state index contributed by atoms with van der Waals surface area (Å²) in [5.41, 5.74) is 1.23. The van der Waals surface area contributed by atoms with Gasteiger partial charge in [0.05, 0.1) is 0 Å². The van der Waals surface area contributed by atoms with Crippen LogP contribution in [-0.4, -0.2) is 51.2 Å². The van der Waals surface area contributed by atoms with Crippen molar-refractivity contribution in [1.82, 2.24) is 24.1 Å². The Morgan fingerprint density at radius 3 is 2.59 bits per heavy atom. The van der Waals surface area contributed by atoms with Gasteiger partial charge in [-0.3, -0.25) is 18.9 Å². The molecule has 9 heteroatoms. The molecule has 0 spiro atoms. The molecule has 3 aromatic heterocycles. The molecule has 0 aliphatic rings. The van der Waals surface area contributed by atoms with E-state index < -0.39 is 0 Å². The first kappa shape index (κ1) is 18.6. The number of amides is 1. The second-order valence-corrected chi connectivity index (χ2v) is 6.86. The monoisotopic (exact) mass is 369 g/mol. The fourth-order valence-corrected chi connectivity index (χ4v) is 2.72. The van der Waals surface area contributed by atoms with Gasteiger partial charge in [-0.05, 0) is 23.6 Å². The van der Waals surface area contributed by atoms with E-state index in [0.29, 0.717) is 17.3 Å². The average Bonchev–Trinajstić information content (AvgIpc) is 3.09. The molecule has 0 saturated carbocycles. The summed E-state index contributed by atoms with van der Waals surface area (Å²) in [5.74, 6) is 1.02. The lowest BCUT2D eigenvalue weighted by Crippen LogP contribution is -2.37. The molecule has 0 aliphatic carbocycles. The number of likely N-dealkylation sites (N-methyl/N-ethyl adjacent to an activating group) is 1. The summed E-state index contributed by atoms with van der Waals surface area (Å²) in [6, 6.07) is 3.49. The molecule has 0 saturated heterocycles. The molecule has 0 atom stereocenters. The van der Waals surface area contributed by atoms with Crippen LogP contribution in [0.5, 0.6) is 0 Å². The van der Waals surface area contributed by atoms with Crippen LogP contribution in [0.3, 0.4) is 0 Å². The average molecular weight is 369 g/mol. The van der Waals surface area contributed by atoms with Gasteiger partial charge in [0.1, 0.15) is 24.2 Å². The lowest BCUT2D eigenvalue weighted by atomic mass is 10.1. The van der Waals surface area contributed by atoms with Crippen LogP contribution < -0.4 is 15.4 Å². The van der Waals surface area contributed by atoms with Gasteiger partial charge in [-0.1, -0.05) is 13.8 Å². The van der Waals surface area contributed by atoms with Crippen LogP contribution in [0.4, 0.5) is 11.8 Å². The summed E-state index contributed by atoms with van der Waals surface area (Å²) >= 11 is 0. The number of anilines is 2. The highest BCUT2D eigenvalue weighted by molar-refractivity contribution is 5.91. The molecule has 3 rings (SSSR count). The number of nitrogens with zero attached hydrogens (tertiary/aromatic N) is 7. The van der Waals surface area contributed by atoms with Crippen LogP contribution in [0.25, 0.3) is 5.52 Å². The minimum absolute atomic E-state index is 0.182. The second kappa shape index (κ2) is 7.18. The van der Waals surface area contributed by atoms with E-state index >= 15 is 0 Å². The first-order valence-electron chi connectivity index (χ1n) is 8.62. The summed E-state index contributed by atoms with van der Waals surface area (Å²) in [4.78, 5) is 36.6. The molecule has 142 valence electrons. The zero-order valence-corrected chi connectivity index (χ0v) is 16.1. The van der Waals surface area contributed by atoms with Gasteiger partial charge in [0, 0.05) is 33.5 Å². The summed E-state index contributed by atoms with van der Waals surface area (Å²) in [7, 11) is 5.30. The molecule has 9 nitrogen and oxygen atoms in total. The van der Waals surface area contributed by atoms with E-state index in [9.17, 15) is 9.59 Å². The fourth-order valence-electron chi connectivity index (χ4n) is 2.72. The number of aromatic nitrogens is 5. The maximum absolute atomic E-state index is 12.9. The van der Waals surface area contributed by atoms with Crippen molar-refractivity contribution in [1.29, 1.82) is 0 Å². The standard InChI is InChI=1S/C18H23N7O2/c1-12(2)13-8-14-17(27)25(21-18(22(3)4)24(14)9-13)10-16(26)23(5)15-6-7-19-11-20-15/h6-9,11-12H,10H2,1-5H3. The molecule has 0 radical (unpaired) electrons. The van der Waals surface area contributed by atoms with E-state index in [1.165, 1.54) is 15.9 Å². The first-order chi connectivity index (χ1) is 12.8. The van der Waals surface area contributed by atoms with Crippen LogP contribution >= 0.6 is 0 Å². The Balaban J connectivity index is 2.02. The van der Waals surface area contributed by atoms with Crippen molar-refractivity contribution >= 4 is 23.2 Å². The third kappa shape index (κ3) is 3.53. The number of hydrogen-bond donors (Lipinski definition) is 0. The van der Waals surface area contributed by atoms with Crippen molar-refractivity contribution in [2.75, 3.05) is 30.9 Å². The van der Waals surface area contributed by atoms with Gasteiger partial charge in [0.2, 0.25) is 11.9 Å². The lowest BCUT2D eigenvalue weighted by molar-refractivity contribution is -0.119. The molecule has 0 fully saturated rings. The molecule has 1 amide bonds. The van der Waals surface area contributed by atoms with Crippen molar-refractivity contribution in [3.05, 3.63) is 46.8 Å². The van der Waals surface area contributed by atoms with Crippen molar-refractivity contribution in [2.24, 2.45) is 0 Å². The first-order valence-corrected chi connectivity index (χ1v) is 8.62. The molecule has 0 unspecified atom stereocenters. The summed E-state index contributed by atoms with van der Waals surface area (Å²) in [6.45, 7) is 3.95. The minimum Gasteiger partial charge on any atom is -0.347 e. The maximum Gasteiger partial charge on any atom is 0.291 e. The van der Waals surface area contributed by atoms with E-state index in [-0.39, 0.29) is 23.9 Å². The molecule has 3 aromatic rings. The summed E-state index contributed by atoms with van der Waals surface area (Å²) in [5, 5.41) is 4.40. The number of carbonyl (C=O) groups is 1. The Labute approximate surface area is 156 Å². The Kier molecular flexibility index (Phi) is 4.93. The van der Waals surface area contributed by atoms with E-state index in [2.05, 4.69) is 28.9 Å². The van der Waals surface area contributed by atoms with Crippen molar-refractivity contribution in [2.45, 2.75) is 26.3 Å². The molecule has 3 heterocycles. The Morgan fingerprint density at radius 1 is 1.26 bits per heavy atom. The third-order valence-electron chi connectivity index (χ3n) is 4.36. The van der Waals surface area contributed by atoms with Crippen molar-refractivity contribution in [3.63, 3.8) is 0 Å². The predicted octanol–water partition coefficient (Wildman–Crippen LogP) is 1.14. The van der Waals surface area contributed by atoms with E-state index in [1.807, 2.05) is 31.3 Å². The fraction of sp³-hybridized carbons (Fsp3) is 0.389. The summed E-state index contributed by atoms with van der Waals surface area (Å²) in [6.07, 6.45) is 4.84. The largest absolute Gasteiger partial charge is 0.347 e. The zero-order chi connectivity index (χ0) is 19.7. The molecule has 27 heavy (non-hydrogen) atoms. The van der Waals surface area contributed by atoms with Gasteiger partial charge >= 0.3 is 0 Å². The normalized spacial score (nSPS) is 11.2. The number of carbonyl (C=O) groups excluding carboxylic acids is 1. The quantitative estimate of drug-likeness (QED) is 0.670. The van der Waals surface area contributed by atoms with E-state index in [1.54, 1.807) is 23.7 Å². The van der Waals surface area contributed by atoms with Gasteiger partial charge in [0.25, 0.3) is 5.56 Å². The van der Waals surface area contributed by atoms with E-state index in [4.69, 9.17) is 0 Å². The lowest BCUT2D eigenvalue weighted by Gasteiger charge is -2.18. The maximum atomic E-state index is 12.9. The SMILES string of the molecule is CC(C)c1cc2c(=O)n(CC(=O)N(C)c3ccncn3)nc(N(C)C)n2c1. The van der Waals surface area contributed by atoms with Gasteiger partial charge in [-0.2, -0.15) is 0 Å². The molecule has 0 aliphatic heterocycles. The molecular formula is C18H23N7O2. The van der Waals surface area contributed by atoms with Crippen molar-refractivity contribution in [3.8, 4) is 0 Å². The van der Waals surface area contributed by atoms with Gasteiger partial charge in [0.15, 0.2) is 0 Å². The third-order valence-corrected chi connectivity index (χ3v) is 4.36. The highest BCUT2D eigenvalue weighted by atomic mass is 16.2. The number of fused-ring (bicyclic) bond motifs is 1. The molecular weight excluding hydrogens is 346 g/mol. The van der Waals surface area contributed by atoms with Crippen molar-refractivity contribution < 1.29 is 4.79 Å². The van der Waals surface area contributed by atoms with Gasteiger partial charge in [-0.25, -0.2) is 14.6 Å². The van der Waals surface area contributed by atoms with Crippen LogP contribution in [0.2, 0.25) is 0 Å². The predicted molar refractivity (Wildman–Crippen MR) is 103 cm³/mol. The number of rotatable bonds is 5. The Hall–Kier alpha value is -3.23. The van der Waals surface area contributed by atoms with Crippen LogP contribution in [0.15, 0.2) is 35.6 Å². The molecule has 0 aromatic carbocycles. The summed E-state index contributed by atoms with van der Waals surface area (Å²) < 4.78 is 2.97. The molecule has 0 bridgehead atoms. The van der Waals surface area contributed by atoms with Crippen LogP contribution in [-0.2, 0) is 11.3 Å². The highest BCUT2D eigenvalue weighted by Gasteiger charge is 2.19. The zero-order valence-electron chi connectivity index (χ0n) is 16.1. The molecule has 0 N–H and O–H groups in total. The Bertz CT molecular complexity index is 1020. The number of hydrogen-bond acceptors (Lipinski definition) is 6. The van der Waals surface area contributed by atoms with E-state index in [0.717, 1.165) is 5.56 Å². The highest BCUT2D eigenvalue weighted by Crippen LogP contribution is 2.20. The van der Waals surface area contributed by atoms with Gasteiger partial charge < -0.3 is 4.90 Å². The van der Waals surface area contributed by atoms with Crippen LogP contribution in [0.1, 0.15) is 25.3 Å². The topological polar surface area (TPSA) is 88.6 Å². The minimum atomic E-state index is -0.308.